The van der Waals surface area contributed by atoms with Gasteiger partial charge in [-0.2, -0.15) is 0 Å². The van der Waals surface area contributed by atoms with Gasteiger partial charge in [-0.1, -0.05) is 18.7 Å². The molecule has 0 amide bonds. The fourth-order valence-electron chi connectivity index (χ4n) is 1.70. The molecule has 1 aliphatic rings. The Bertz CT molecular complexity index is 401. The highest BCUT2D eigenvalue weighted by Gasteiger charge is 2.25. The number of aliphatic carboxylic acids is 1. The standard InChI is InChI=1S/C11H17N3O2S/c1-2-3-9-12-13-11(17-7-10(15)16)14(9)6-8-4-5-8/h8H,2-7H2,1H3,(H,15,16). The molecule has 0 aromatic carbocycles. The number of carbonyl (C=O) groups is 1. The van der Waals surface area contributed by atoms with E-state index in [4.69, 9.17) is 5.11 Å². The largest absolute Gasteiger partial charge is 0.481 e. The van der Waals surface area contributed by atoms with E-state index >= 15 is 0 Å². The summed E-state index contributed by atoms with van der Waals surface area (Å²) in [6, 6.07) is 0. The highest BCUT2D eigenvalue weighted by molar-refractivity contribution is 7.99. The molecular formula is C11H17N3O2S. The van der Waals surface area contributed by atoms with Crippen LogP contribution < -0.4 is 0 Å². The summed E-state index contributed by atoms with van der Waals surface area (Å²) in [6.45, 7) is 3.06. The van der Waals surface area contributed by atoms with Crippen molar-refractivity contribution < 1.29 is 9.90 Å². The molecule has 0 radical (unpaired) electrons. The summed E-state index contributed by atoms with van der Waals surface area (Å²) in [5.41, 5.74) is 0. The van der Waals surface area contributed by atoms with E-state index in [9.17, 15) is 4.79 Å². The van der Waals surface area contributed by atoms with Gasteiger partial charge in [0.25, 0.3) is 0 Å². The van der Waals surface area contributed by atoms with E-state index < -0.39 is 5.97 Å². The fourth-order valence-corrected chi connectivity index (χ4v) is 2.39. The molecule has 0 aliphatic heterocycles. The minimum atomic E-state index is -0.812. The predicted molar refractivity (Wildman–Crippen MR) is 65.1 cm³/mol. The Hall–Kier alpha value is -1.04. The monoisotopic (exact) mass is 255 g/mol. The molecule has 1 N–H and O–H groups in total. The molecular weight excluding hydrogens is 238 g/mol. The fraction of sp³-hybridized carbons (Fsp3) is 0.727. The van der Waals surface area contributed by atoms with Gasteiger partial charge in [0.05, 0.1) is 5.75 Å². The second-order valence-corrected chi connectivity index (χ2v) is 5.33. The van der Waals surface area contributed by atoms with Crippen LogP contribution in [0, 0.1) is 5.92 Å². The first-order valence-corrected chi connectivity index (χ1v) is 6.96. The van der Waals surface area contributed by atoms with Crippen LogP contribution in [0.25, 0.3) is 0 Å². The Labute approximate surface area is 105 Å². The van der Waals surface area contributed by atoms with Crippen molar-refractivity contribution in [3.63, 3.8) is 0 Å². The first-order chi connectivity index (χ1) is 8.20. The predicted octanol–water partition coefficient (Wildman–Crippen LogP) is 1.82. The molecule has 5 nitrogen and oxygen atoms in total. The second kappa shape index (κ2) is 5.53. The van der Waals surface area contributed by atoms with Crippen LogP contribution in [-0.4, -0.2) is 31.6 Å². The van der Waals surface area contributed by atoms with Crippen LogP contribution in [0.3, 0.4) is 0 Å². The number of carboxylic acids is 1. The number of nitrogens with zero attached hydrogens (tertiary/aromatic N) is 3. The SMILES string of the molecule is CCCc1nnc(SCC(=O)O)n1CC1CC1. The van der Waals surface area contributed by atoms with Crippen LogP contribution in [0.5, 0.6) is 0 Å². The quantitative estimate of drug-likeness (QED) is 0.753. The van der Waals surface area contributed by atoms with Gasteiger partial charge in [0.15, 0.2) is 5.16 Å². The van der Waals surface area contributed by atoms with Gasteiger partial charge in [0, 0.05) is 13.0 Å². The van der Waals surface area contributed by atoms with E-state index in [0.717, 1.165) is 36.3 Å². The lowest BCUT2D eigenvalue weighted by atomic mass is 10.3. The van der Waals surface area contributed by atoms with Crippen LogP contribution in [0.1, 0.15) is 32.0 Å². The molecule has 1 fully saturated rings. The van der Waals surface area contributed by atoms with E-state index in [-0.39, 0.29) is 5.75 Å². The molecule has 0 saturated heterocycles. The van der Waals surface area contributed by atoms with Crippen molar-refractivity contribution >= 4 is 17.7 Å². The van der Waals surface area contributed by atoms with Crippen LogP contribution in [0.15, 0.2) is 5.16 Å². The second-order valence-electron chi connectivity index (χ2n) is 4.39. The number of rotatable bonds is 7. The summed E-state index contributed by atoms with van der Waals surface area (Å²) in [7, 11) is 0. The number of hydrogen-bond donors (Lipinski definition) is 1. The molecule has 17 heavy (non-hydrogen) atoms. The van der Waals surface area contributed by atoms with Crippen molar-refractivity contribution in [1.82, 2.24) is 14.8 Å². The van der Waals surface area contributed by atoms with E-state index in [0.29, 0.717) is 0 Å². The first kappa shape index (κ1) is 12.4. The van der Waals surface area contributed by atoms with Gasteiger partial charge in [-0.15, -0.1) is 10.2 Å². The molecule has 1 aliphatic carbocycles. The van der Waals surface area contributed by atoms with E-state index in [1.165, 1.54) is 24.6 Å². The van der Waals surface area contributed by atoms with Crippen LogP contribution in [0.2, 0.25) is 0 Å². The molecule has 0 unspecified atom stereocenters. The average molecular weight is 255 g/mol. The summed E-state index contributed by atoms with van der Waals surface area (Å²) in [5.74, 6) is 0.973. The number of aryl methyl sites for hydroxylation is 1. The summed E-state index contributed by atoms with van der Waals surface area (Å²) < 4.78 is 2.11. The molecule has 94 valence electrons. The Morgan fingerprint density at radius 3 is 2.88 bits per heavy atom. The average Bonchev–Trinajstić information content (AvgIpc) is 3.01. The molecule has 2 rings (SSSR count). The third kappa shape index (κ3) is 3.46. The minimum absolute atomic E-state index is 0.0505. The third-order valence-electron chi connectivity index (χ3n) is 2.73. The summed E-state index contributed by atoms with van der Waals surface area (Å²) in [4.78, 5) is 10.6. The molecule has 1 aromatic rings. The van der Waals surface area contributed by atoms with E-state index in [2.05, 4.69) is 21.7 Å². The molecule has 0 spiro atoms. The molecule has 6 heteroatoms. The van der Waals surface area contributed by atoms with Crippen LogP contribution in [-0.2, 0) is 17.8 Å². The number of carboxylic acid groups (broad SMARTS) is 1. The smallest absolute Gasteiger partial charge is 0.313 e. The highest BCUT2D eigenvalue weighted by atomic mass is 32.2. The van der Waals surface area contributed by atoms with Gasteiger partial charge in [0.2, 0.25) is 0 Å². The van der Waals surface area contributed by atoms with Crippen molar-refractivity contribution in [2.45, 2.75) is 44.3 Å². The Morgan fingerprint density at radius 2 is 2.29 bits per heavy atom. The van der Waals surface area contributed by atoms with Gasteiger partial charge in [-0.05, 0) is 25.2 Å². The van der Waals surface area contributed by atoms with E-state index in [1.807, 2.05) is 0 Å². The van der Waals surface area contributed by atoms with Crippen molar-refractivity contribution in [3.05, 3.63) is 5.82 Å². The van der Waals surface area contributed by atoms with Gasteiger partial charge in [0.1, 0.15) is 5.82 Å². The normalized spacial score (nSPS) is 15.1. The van der Waals surface area contributed by atoms with Crippen molar-refractivity contribution in [3.8, 4) is 0 Å². The van der Waals surface area contributed by atoms with Crippen molar-refractivity contribution in [1.29, 1.82) is 0 Å². The lowest BCUT2D eigenvalue weighted by molar-refractivity contribution is -0.133. The first-order valence-electron chi connectivity index (χ1n) is 5.97. The molecule has 1 saturated carbocycles. The number of thioether (sulfide) groups is 1. The topological polar surface area (TPSA) is 68.0 Å². The zero-order valence-electron chi connectivity index (χ0n) is 9.93. The molecule has 0 atom stereocenters. The summed E-state index contributed by atoms with van der Waals surface area (Å²) >= 11 is 1.26. The van der Waals surface area contributed by atoms with Crippen LogP contribution >= 0.6 is 11.8 Å². The number of hydrogen-bond acceptors (Lipinski definition) is 4. The third-order valence-corrected chi connectivity index (χ3v) is 3.68. The summed E-state index contributed by atoms with van der Waals surface area (Å²) in [5, 5.41) is 17.7. The van der Waals surface area contributed by atoms with Gasteiger partial charge in [-0.3, -0.25) is 4.79 Å². The molecule has 1 aromatic heterocycles. The Morgan fingerprint density at radius 1 is 1.53 bits per heavy atom. The lowest BCUT2D eigenvalue weighted by Crippen LogP contribution is -2.08. The van der Waals surface area contributed by atoms with Crippen molar-refractivity contribution in [2.75, 3.05) is 5.75 Å². The maximum absolute atomic E-state index is 10.6. The Kier molecular flexibility index (Phi) is 4.04. The molecule has 1 heterocycles. The van der Waals surface area contributed by atoms with Gasteiger partial charge >= 0.3 is 5.97 Å². The van der Waals surface area contributed by atoms with Gasteiger partial charge in [-0.25, -0.2) is 0 Å². The zero-order chi connectivity index (χ0) is 12.3. The minimum Gasteiger partial charge on any atom is -0.481 e. The lowest BCUT2D eigenvalue weighted by Gasteiger charge is -2.07. The maximum Gasteiger partial charge on any atom is 0.313 e. The Balaban J connectivity index is 2.08. The van der Waals surface area contributed by atoms with Crippen molar-refractivity contribution in [2.24, 2.45) is 5.92 Å². The van der Waals surface area contributed by atoms with Gasteiger partial charge < -0.3 is 9.67 Å². The maximum atomic E-state index is 10.6. The van der Waals surface area contributed by atoms with Crippen LogP contribution in [0.4, 0.5) is 0 Å². The number of aromatic nitrogens is 3. The summed E-state index contributed by atoms with van der Waals surface area (Å²) in [6.07, 6.45) is 4.49. The zero-order valence-corrected chi connectivity index (χ0v) is 10.7. The molecule has 0 bridgehead atoms. The van der Waals surface area contributed by atoms with E-state index in [1.54, 1.807) is 0 Å². The highest BCUT2D eigenvalue weighted by Crippen LogP contribution is 2.32.